The van der Waals surface area contributed by atoms with E-state index in [9.17, 15) is 13.2 Å². The summed E-state index contributed by atoms with van der Waals surface area (Å²) >= 11 is 0. The van der Waals surface area contributed by atoms with Gasteiger partial charge in [-0.05, 0) is 43.7 Å². The number of rotatable bonds is 6. The molecule has 2 N–H and O–H groups in total. The highest BCUT2D eigenvalue weighted by atomic mass is 32.2. The quantitative estimate of drug-likeness (QED) is 0.839. The Labute approximate surface area is 142 Å². The highest BCUT2D eigenvalue weighted by molar-refractivity contribution is 7.89. The van der Waals surface area contributed by atoms with Gasteiger partial charge in [0.1, 0.15) is 5.82 Å². The monoisotopic (exact) mass is 347 g/mol. The second-order valence-electron chi connectivity index (χ2n) is 5.95. The molecule has 0 spiro atoms. The molecule has 128 valence electrons. The number of amides is 1. The first kappa shape index (κ1) is 17.9. The lowest BCUT2D eigenvalue weighted by Crippen LogP contribution is -2.13. The molecule has 0 saturated heterocycles. The summed E-state index contributed by atoms with van der Waals surface area (Å²) in [5.74, 6) is 0.434. The molecule has 0 unspecified atom stereocenters. The Morgan fingerprint density at radius 1 is 1.12 bits per heavy atom. The van der Waals surface area contributed by atoms with Crippen LogP contribution in [0.5, 0.6) is 0 Å². The second-order valence-corrected chi connectivity index (χ2v) is 8.09. The van der Waals surface area contributed by atoms with Crippen molar-refractivity contribution < 1.29 is 13.2 Å². The van der Waals surface area contributed by atoms with Gasteiger partial charge in [0.05, 0.1) is 17.6 Å². The fourth-order valence-corrected chi connectivity index (χ4v) is 2.91. The number of carbonyl (C=O) groups excluding carboxylic acids is 1. The van der Waals surface area contributed by atoms with Gasteiger partial charge in [-0.15, -0.1) is 0 Å². The minimum atomic E-state index is -3.09. The summed E-state index contributed by atoms with van der Waals surface area (Å²) in [6.07, 6.45) is 2.76. The van der Waals surface area contributed by atoms with Crippen LogP contribution in [-0.4, -0.2) is 31.6 Å². The normalized spacial score (nSPS) is 11.3. The van der Waals surface area contributed by atoms with Crippen molar-refractivity contribution in [1.29, 1.82) is 0 Å². The van der Waals surface area contributed by atoms with Gasteiger partial charge < -0.3 is 10.6 Å². The van der Waals surface area contributed by atoms with E-state index >= 15 is 0 Å². The molecule has 0 radical (unpaired) electrons. The number of nitrogens with one attached hydrogen (secondary N) is 2. The van der Waals surface area contributed by atoms with Crippen molar-refractivity contribution in [3.05, 3.63) is 53.7 Å². The number of sulfone groups is 1. The molecule has 0 aliphatic rings. The zero-order valence-corrected chi connectivity index (χ0v) is 14.7. The number of pyridine rings is 1. The Morgan fingerprint density at radius 2 is 1.79 bits per heavy atom. The number of carbonyl (C=O) groups is 1. The van der Waals surface area contributed by atoms with E-state index in [1.807, 2.05) is 13.8 Å². The summed E-state index contributed by atoms with van der Waals surface area (Å²) in [5, 5.41) is 5.93. The predicted octanol–water partition coefficient (Wildman–Crippen LogP) is 2.70. The molecule has 6 nitrogen and oxygen atoms in total. The molecular formula is C17H21N3O3S. The van der Waals surface area contributed by atoms with Crippen molar-refractivity contribution >= 4 is 27.2 Å². The van der Waals surface area contributed by atoms with Crippen LogP contribution in [0.3, 0.4) is 0 Å². The van der Waals surface area contributed by atoms with E-state index in [-0.39, 0.29) is 17.7 Å². The lowest BCUT2D eigenvalue weighted by Gasteiger charge is -2.10. The summed E-state index contributed by atoms with van der Waals surface area (Å²) in [6.45, 7) is 4.04. The fourth-order valence-electron chi connectivity index (χ4n) is 2.11. The van der Waals surface area contributed by atoms with Gasteiger partial charge in [-0.25, -0.2) is 13.4 Å². The van der Waals surface area contributed by atoms with Gasteiger partial charge in [-0.3, -0.25) is 4.79 Å². The molecule has 0 fully saturated rings. The first-order valence-electron chi connectivity index (χ1n) is 7.53. The van der Waals surface area contributed by atoms with E-state index in [0.717, 1.165) is 5.82 Å². The van der Waals surface area contributed by atoms with Crippen LogP contribution < -0.4 is 10.6 Å². The van der Waals surface area contributed by atoms with Crippen molar-refractivity contribution in [2.75, 3.05) is 16.9 Å². The number of nitrogens with zero attached hydrogens (tertiary/aromatic N) is 1. The lowest BCUT2D eigenvalue weighted by molar-refractivity contribution is 0.102. The highest BCUT2D eigenvalue weighted by Crippen LogP contribution is 2.13. The largest absolute Gasteiger partial charge is 0.368 e. The van der Waals surface area contributed by atoms with Crippen LogP contribution in [0.4, 0.5) is 11.5 Å². The Hall–Kier alpha value is -2.41. The number of benzene rings is 1. The maximum Gasteiger partial charge on any atom is 0.255 e. The SMILES string of the molecule is CC(C)Nc1ccc(NC(=O)c2ccc(CS(C)(=O)=O)cc2)cn1. The van der Waals surface area contributed by atoms with Crippen molar-refractivity contribution in [3.8, 4) is 0 Å². The molecule has 2 aromatic rings. The Balaban J connectivity index is 2.01. The van der Waals surface area contributed by atoms with E-state index < -0.39 is 9.84 Å². The Bertz CT molecular complexity index is 798. The Kier molecular flexibility index (Phi) is 5.56. The standard InChI is InChI=1S/C17H21N3O3S/c1-12(2)19-16-9-8-15(10-18-16)20-17(21)14-6-4-13(5-7-14)11-24(3,22)23/h4-10,12H,11H2,1-3H3,(H,18,19)(H,20,21). The molecule has 0 aliphatic heterocycles. The van der Waals surface area contributed by atoms with Crippen LogP contribution in [0.1, 0.15) is 29.8 Å². The summed E-state index contributed by atoms with van der Waals surface area (Å²) < 4.78 is 22.5. The maximum absolute atomic E-state index is 12.2. The van der Waals surface area contributed by atoms with E-state index in [1.54, 1.807) is 42.6 Å². The number of hydrogen-bond acceptors (Lipinski definition) is 5. The minimum Gasteiger partial charge on any atom is -0.368 e. The first-order chi connectivity index (χ1) is 11.2. The molecule has 24 heavy (non-hydrogen) atoms. The lowest BCUT2D eigenvalue weighted by atomic mass is 10.1. The zero-order chi connectivity index (χ0) is 17.7. The maximum atomic E-state index is 12.2. The number of anilines is 2. The van der Waals surface area contributed by atoms with Crippen LogP contribution in [0.15, 0.2) is 42.6 Å². The molecule has 1 aromatic heterocycles. The molecule has 0 saturated carbocycles. The smallest absolute Gasteiger partial charge is 0.255 e. The third kappa shape index (κ3) is 5.66. The van der Waals surface area contributed by atoms with Crippen LogP contribution in [0, 0.1) is 0 Å². The summed E-state index contributed by atoms with van der Waals surface area (Å²) in [6, 6.07) is 10.4. The van der Waals surface area contributed by atoms with Gasteiger partial charge in [0.25, 0.3) is 5.91 Å². The van der Waals surface area contributed by atoms with E-state index in [0.29, 0.717) is 16.8 Å². The molecule has 0 atom stereocenters. The van der Waals surface area contributed by atoms with Crippen molar-refractivity contribution in [1.82, 2.24) is 4.98 Å². The number of hydrogen-bond donors (Lipinski definition) is 2. The van der Waals surface area contributed by atoms with E-state index in [2.05, 4.69) is 15.6 Å². The van der Waals surface area contributed by atoms with Gasteiger partial charge >= 0.3 is 0 Å². The van der Waals surface area contributed by atoms with Gasteiger partial charge in [-0.2, -0.15) is 0 Å². The minimum absolute atomic E-state index is 0.0386. The predicted molar refractivity (Wildman–Crippen MR) is 95.9 cm³/mol. The van der Waals surface area contributed by atoms with Crippen LogP contribution in [0.25, 0.3) is 0 Å². The molecule has 1 amide bonds. The third-order valence-electron chi connectivity index (χ3n) is 3.10. The van der Waals surface area contributed by atoms with Crippen molar-refractivity contribution in [2.24, 2.45) is 0 Å². The molecule has 7 heteroatoms. The highest BCUT2D eigenvalue weighted by Gasteiger charge is 2.09. The summed E-state index contributed by atoms with van der Waals surface area (Å²) in [5.41, 5.74) is 1.70. The summed E-state index contributed by atoms with van der Waals surface area (Å²) in [4.78, 5) is 16.4. The van der Waals surface area contributed by atoms with Crippen molar-refractivity contribution in [3.63, 3.8) is 0 Å². The molecular weight excluding hydrogens is 326 g/mol. The molecule has 1 aromatic carbocycles. The van der Waals surface area contributed by atoms with Crippen molar-refractivity contribution in [2.45, 2.75) is 25.6 Å². The van der Waals surface area contributed by atoms with Crippen LogP contribution in [-0.2, 0) is 15.6 Å². The van der Waals surface area contributed by atoms with Gasteiger partial charge in [0.2, 0.25) is 0 Å². The second kappa shape index (κ2) is 7.44. The Morgan fingerprint density at radius 3 is 2.29 bits per heavy atom. The molecule has 0 bridgehead atoms. The zero-order valence-electron chi connectivity index (χ0n) is 13.9. The van der Waals surface area contributed by atoms with Gasteiger partial charge in [-0.1, -0.05) is 12.1 Å². The molecule has 0 aliphatic carbocycles. The average molecular weight is 347 g/mol. The molecule has 2 rings (SSSR count). The van der Waals surface area contributed by atoms with E-state index in [4.69, 9.17) is 0 Å². The van der Waals surface area contributed by atoms with Crippen LogP contribution in [0.2, 0.25) is 0 Å². The van der Waals surface area contributed by atoms with Gasteiger partial charge in [0, 0.05) is 17.9 Å². The average Bonchev–Trinajstić information content (AvgIpc) is 2.48. The summed E-state index contributed by atoms with van der Waals surface area (Å²) in [7, 11) is -3.09. The first-order valence-corrected chi connectivity index (χ1v) is 9.59. The van der Waals surface area contributed by atoms with Gasteiger partial charge in [0.15, 0.2) is 9.84 Å². The molecule has 1 heterocycles. The third-order valence-corrected chi connectivity index (χ3v) is 3.96. The topological polar surface area (TPSA) is 88.2 Å². The number of aromatic nitrogens is 1. The van der Waals surface area contributed by atoms with E-state index in [1.165, 1.54) is 6.26 Å². The fraction of sp³-hybridized carbons (Fsp3) is 0.294. The van der Waals surface area contributed by atoms with Crippen LogP contribution >= 0.6 is 0 Å².